The number of hydrogen-bond donors (Lipinski definition) is 0. The molecule has 0 aromatic heterocycles. The average Bonchev–Trinajstić information content (AvgIpc) is 0.844. The molecule has 0 bridgehead atoms. The van der Waals surface area contributed by atoms with Crippen molar-refractivity contribution in [1.29, 1.82) is 0 Å². The number of nitrogens with zero attached hydrogens (tertiary/aromatic N) is 4. The smallest absolute Gasteiger partial charge is 0.872 e. The first kappa shape index (κ1) is 74.5. The molecule has 0 spiro atoms. The summed E-state index contributed by atoms with van der Waals surface area (Å²) in [4.78, 5) is 14.7. The van der Waals surface area contributed by atoms with E-state index in [0.717, 1.165) is 70.2 Å². The van der Waals surface area contributed by atoms with Crippen molar-refractivity contribution >= 4 is 12.4 Å². The predicted octanol–water partition coefficient (Wildman–Crippen LogP) is 14.5. The van der Waals surface area contributed by atoms with Crippen LogP contribution in [0.15, 0.2) is 216 Å². The van der Waals surface area contributed by atoms with E-state index in [4.69, 9.17) is 9.98 Å². The van der Waals surface area contributed by atoms with Gasteiger partial charge in [-0.1, -0.05) is 298 Å². The van der Waals surface area contributed by atoms with Gasteiger partial charge in [-0.25, -0.2) is 0 Å². The maximum atomic E-state index is 14.0. The maximum absolute atomic E-state index is 14.0. The fourth-order valence-electron chi connectivity index (χ4n) is 12.4. The van der Waals surface area contributed by atoms with Gasteiger partial charge in [0.15, 0.2) is 0 Å². The van der Waals surface area contributed by atoms with E-state index in [2.05, 4.69) is 190 Å². The van der Waals surface area contributed by atoms with Gasteiger partial charge in [-0.2, -0.15) is 0 Å². The zero-order chi connectivity index (χ0) is 63.5. The summed E-state index contributed by atoms with van der Waals surface area (Å²) in [6.45, 7) is 17.4. The maximum Gasteiger partial charge on any atom is 2.00 e. The minimum Gasteiger partial charge on any atom is -0.872 e. The summed E-state index contributed by atoms with van der Waals surface area (Å²) in [5, 5.41) is 48.2. The Morgan fingerprint density at radius 2 is 0.622 bits per heavy atom. The van der Waals surface area contributed by atoms with Crippen LogP contribution in [0.2, 0.25) is 0 Å². The van der Waals surface area contributed by atoms with Crippen molar-refractivity contribution in [3.63, 3.8) is 0 Å². The summed E-state index contributed by atoms with van der Waals surface area (Å²) >= 11 is 0. The topological polar surface area (TPSA) is 123 Å². The summed E-state index contributed by atoms with van der Waals surface area (Å²) < 4.78 is 0. The molecule has 0 unspecified atom stereocenters. The molecule has 2 aliphatic carbocycles. The molecule has 8 nitrogen and oxygen atoms in total. The van der Waals surface area contributed by atoms with Gasteiger partial charge in [0, 0.05) is 46.2 Å². The molecule has 4 atom stereocenters. The van der Waals surface area contributed by atoms with E-state index in [0.29, 0.717) is 23.2 Å². The molecule has 10 heteroatoms. The van der Waals surface area contributed by atoms with E-state index < -0.39 is 10.8 Å². The summed E-state index contributed by atoms with van der Waals surface area (Å²) in [6, 6.07) is 70.2. The summed E-state index contributed by atoms with van der Waals surface area (Å²) in [5.41, 5.74) is 10.4. The van der Waals surface area contributed by atoms with Crippen molar-refractivity contribution < 1.29 is 59.4 Å². The van der Waals surface area contributed by atoms with E-state index in [9.17, 15) is 20.4 Å². The summed E-state index contributed by atoms with van der Waals surface area (Å²) in [5.74, 6) is 0.162. The van der Waals surface area contributed by atoms with Gasteiger partial charge in [-0.15, -0.1) is 13.2 Å². The molecular weight excluding hydrogens is 1210 g/mol. The first-order valence-electron chi connectivity index (χ1n) is 31.7. The Bertz CT molecular complexity index is 3200. The zero-order valence-electron chi connectivity index (χ0n) is 56.0. The molecule has 8 aromatic rings. The van der Waals surface area contributed by atoms with Crippen LogP contribution in [-0.2, 0) is 73.8 Å². The molecule has 0 amide bonds. The van der Waals surface area contributed by atoms with E-state index in [-0.39, 0.29) is 86.6 Å². The van der Waals surface area contributed by atoms with Gasteiger partial charge >= 0.3 is 39.0 Å². The first-order valence-corrected chi connectivity index (χ1v) is 31.7. The molecule has 10 rings (SSSR count). The Hall–Kier alpha value is -6.21. The van der Waals surface area contributed by atoms with Gasteiger partial charge in [0.05, 0.1) is 12.1 Å². The van der Waals surface area contributed by atoms with Crippen LogP contribution in [0.1, 0.15) is 174 Å². The molecule has 2 aliphatic rings. The third kappa shape index (κ3) is 19.4. The SMILES string of the molecule is CN(C)[C@@H]1CCCC[C@H]1N=Cc1cc(C(C)(C)c2ccccc2)cc(C(C)(C)c2ccccc2)c1[O-].CN(C)[C@H]1CCCC[C@@H]1N=Cc1cc(C(C)(C)c2ccccc2)cc(C(C)(C)c2ccccc2)c1[O-].[O-]Cc1ccccc1.[O-]Cc1ccccc1.[Zn+2].[Zn+2]. The first-order chi connectivity index (χ1) is 42.1. The molecule has 0 radical (unpaired) electrons. The minimum atomic E-state index is -0.430. The fraction of sp³-hybridized carbons (Fsp3) is 0.375. The molecular formula is C80H96N4O4Zn2. The predicted molar refractivity (Wildman–Crippen MR) is 361 cm³/mol. The normalized spacial score (nSPS) is 17.0. The van der Waals surface area contributed by atoms with Crippen LogP contribution in [0.3, 0.4) is 0 Å². The monoisotopic (exact) mass is 1300 g/mol. The summed E-state index contributed by atoms with van der Waals surface area (Å²) in [7, 11) is 8.56. The Morgan fingerprint density at radius 3 is 0.878 bits per heavy atom. The van der Waals surface area contributed by atoms with E-state index in [1.807, 2.05) is 122 Å². The number of aliphatic imine (C=N–C) groups is 2. The molecule has 464 valence electrons. The number of rotatable bonds is 16. The largest absolute Gasteiger partial charge is 2.00 e. The van der Waals surface area contributed by atoms with Crippen LogP contribution in [0.25, 0.3) is 0 Å². The Morgan fingerprint density at radius 1 is 0.367 bits per heavy atom. The molecule has 0 aliphatic heterocycles. The fourth-order valence-corrected chi connectivity index (χ4v) is 12.4. The van der Waals surface area contributed by atoms with Gasteiger partial charge < -0.3 is 30.2 Å². The number of benzene rings is 8. The van der Waals surface area contributed by atoms with Gasteiger partial charge in [0.1, 0.15) is 0 Å². The molecule has 0 saturated heterocycles. The van der Waals surface area contributed by atoms with Gasteiger partial charge in [-0.3, -0.25) is 9.98 Å². The van der Waals surface area contributed by atoms with Crippen molar-refractivity contribution in [3.8, 4) is 11.5 Å². The van der Waals surface area contributed by atoms with E-state index >= 15 is 0 Å². The van der Waals surface area contributed by atoms with Crippen LogP contribution in [0, 0.1) is 0 Å². The van der Waals surface area contributed by atoms with Crippen LogP contribution in [0.4, 0.5) is 0 Å². The van der Waals surface area contributed by atoms with Crippen LogP contribution < -0.4 is 20.4 Å². The van der Waals surface area contributed by atoms with Crippen molar-refractivity contribution in [2.24, 2.45) is 9.98 Å². The van der Waals surface area contributed by atoms with Crippen molar-refractivity contribution in [3.05, 3.63) is 273 Å². The van der Waals surface area contributed by atoms with Crippen LogP contribution in [-0.4, -0.2) is 74.6 Å². The van der Waals surface area contributed by atoms with Gasteiger partial charge in [-0.05, 0) is 122 Å². The second-order valence-electron chi connectivity index (χ2n) is 26.4. The van der Waals surface area contributed by atoms with E-state index in [1.54, 1.807) is 0 Å². The molecule has 8 aromatic carbocycles. The third-order valence-corrected chi connectivity index (χ3v) is 18.6. The third-order valence-electron chi connectivity index (χ3n) is 18.6. The molecule has 90 heavy (non-hydrogen) atoms. The Balaban J connectivity index is 0.000000257. The molecule has 2 saturated carbocycles. The zero-order valence-corrected chi connectivity index (χ0v) is 61.9. The van der Waals surface area contributed by atoms with Crippen LogP contribution >= 0.6 is 0 Å². The standard InChI is InChI=1S/2C33H42N2O.2C7H7O.2Zn/c2*1-32(2,25-15-9-7-10-16-25)27-21-24(23-34-29-19-13-14-20-30(29)35(5)6)31(36)28(22-27)33(3,4)26-17-11-8-12-18-26;2*8-6-7-4-2-1-3-5-7;;/h2*7-12,15-18,21-23,29-30,36H,13-14,19-20H2,1-6H3;2*1-5H,6H2;;/q;;2*-1;2*+2/p-2/t2*29-,30-;;;;/m10..../s1. The molecule has 0 heterocycles. The van der Waals surface area contributed by atoms with Crippen LogP contribution in [0.5, 0.6) is 11.5 Å². The second-order valence-corrected chi connectivity index (χ2v) is 26.4. The molecule has 0 N–H and O–H groups in total. The Kier molecular flexibility index (Phi) is 29.0. The van der Waals surface area contributed by atoms with Crippen molar-refractivity contribution in [1.82, 2.24) is 9.80 Å². The second kappa shape index (κ2) is 35.0. The quantitative estimate of drug-likeness (QED) is 0.0701. The van der Waals surface area contributed by atoms with E-state index in [1.165, 1.54) is 36.8 Å². The molecule has 2 fully saturated rings. The van der Waals surface area contributed by atoms with Crippen molar-refractivity contribution in [2.75, 3.05) is 28.2 Å². The van der Waals surface area contributed by atoms with Gasteiger partial charge in [0.2, 0.25) is 0 Å². The van der Waals surface area contributed by atoms with Gasteiger partial charge in [0.25, 0.3) is 0 Å². The minimum absolute atomic E-state index is 0. The number of likely N-dealkylation sites (N-methyl/N-ethyl adjacent to an activating group) is 2. The number of hydrogen-bond acceptors (Lipinski definition) is 8. The Labute approximate surface area is 566 Å². The average molecular weight is 1310 g/mol. The summed E-state index contributed by atoms with van der Waals surface area (Å²) in [6.07, 6.45) is 13.1. The van der Waals surface area contributed by atoms with Crippen molar-refractivity contribution in [2.45, 2.75) is 166 Å².